The number of ether oxygens (including phenoxy) is 3. The van der Waals surface area contributed by atoms with Crippen molar-refractivity contribution >= 4 is 7.82 Å². The van der Waals surface area contributed by atoms with Crippen LogP contribution in [0, 0.1) is 0 Å². The second-order valence-corrected chi connectivity index (χ2v) is 10.9. The minimum atomic E-state index is -4.58. The van der Waals surface area contributed by atoms with Crippen LogP contribution in [-0.2, 0) is 45.6 Å². The van der Waals surface area contributed by atoms with Crippen LogP contribution in [0.15, 0.2) is 76.7 Å². The van der Waals surface area contributed by atoms with Gasteiger partial charge in [0.2, 0.25) is 0 Å². The first-order valence-electron chi connectivity index (χ1n) is 12.7. The van der Waals surface area contributed by atoms with Crippen LogP contribution in [0.4, 0.5) is 4.39 Å². The number of methoxy groups -OCH3 is 1. The molecule has 2 aromatic heterocycles. The van der Waals surface area contributed by atoms with Crippen LogP contribution in [0.5, 0.6) is 0 Å². The number of nitrogens with zero attached hydrogens (tertiary/aromatic N) is 2. The minimum absolute atomic E-state index is 0.0373. The molecule has 6 atom stereocenters. The summed E-state index contributed by atoms with van der Waals surface area (Å²) < 4.78 is 62.5. The van der Waals surface area contributed by atoms with Gasteiger partial charge in [0.25, 0.3) is 11.4 Å². The lowest BCUT2D eigenvalue weighted by molar-refractivity contribution is -0.206. The number of rotatable bonds is 15. The van der Waals surface area contributed by atoms with E-state index in [-0.39, 0.29) is 26.4 Å². The van der Waals surface area contributed by atoms with Gasteiger partial charge in [-0.3, -0.25) is 32.9 Å². The molecule has 1 saturated heterocycles. The molecule has 1 fully saturated rings. The average molecular weight is 612 g/mol. The number of aromatic nitrogens is 3. The Balaban J connectivity index is 1.47. The summed E-state index contributed by atoms with van der Waals surface area (Å²) in [5.74, 6) is -3.16. The molecule has 3 aromatic rings. The standard InChI is InChI=1S/C26H31FN3O11P/c1-36-15-20(37-13-19-8-5-10-28-12-19)16-39-42(35,38-14-18-6-3-2-4-7-18)40-17-26(27)23(33)22(32)24(41-26)30-11-9-21(31)29-25(30)34/h2-12,20,22-24,32-33H,13-17H2,1H3,(H,29,31,34)/t20?,22-,23+,24-,26-,42?/m1/s1. The summed E-state index contributed by atoms with van der Waals surface area (Å²) in [6.07, 6.45) is -2.51. The van der Waals surface area contributed by atoms with Gasteiger partial charge in [-0.25, -0.2) is 13.8 Å². The molecule has 42 heavy (non-hydrogen) atoms. The van der Waals surface area contributed by atoms with Crippen molar-refractivity contribution in [3.63, 3.8) is 0 Å². The highest BCUT2D eigenvalue weighted by Gasteiger charge is 2.57. The van der Waals surface area contributed by atoms with Crippen LogP contribution in [0.25, 0.3) is 0 Å². The molecular formula is C26H31FN3O11P. The largest absolute Gasteiger partial charge is 0.475 e. The molecule has 16 heteroatoms. The number of aromatic amines is 1. The molecule has 3 N–H and O–H groups in total. The molecule has 0 radical (unpaired) electrons. The van der Waals surface area contributed by atoms with Crippen LogP contribution in [0.1, 0.15) is 17.4 Å². The summed E-state index contributed by atoms with van der Waals surface area (Å²) in [6, 6.07) is 13.1. The van der Waals surface area contributed by atoms with Crippen LogP contribution in [0.2, 0.25) is 0 Å². The van der Waals surface area contributed by atoms with E-state index in [0.717, 1.165) is 17.8 Å². The number of benzene rings is 1. The van der Waals surface area contributed by atoms with Crippen LogP contribution in [-0.4, -0.2) is 75.8 Å². The third-order valence-electron chi connectivity index (χ3n) is 6.13. The van der Waals surface area contributed by atoms with Gasteiger partial charge in [0.05, 0.1) is 26.4 Å². The van der Waals surface area contributed by atoms with Crippen LogP contribution in [0.3, 0.4) is 0 Å². The molecule has 0 spiro atoms. The molecule has 2 unspecified atom stereocenters. The van der Waals surface area contributed by atoms with Gasteiger partial charge in [0.15, 0.2) is 6.23 Å². The number of halogens is 1. The Kier molecular flexibility index (Phi) is 10.9. The maximum atomic E-state index is 15.8. The zero-order chi connectivity index (χ0) is 30.2. The van der Waals surface area contributed by atoms with Crippen molar-refractivity contribution in [2.45, 2.75) is 43.6 Å². The maximum absolute atomic E-state index is 15.8. The second-order valence-electron chi connectivity index (χ2n) is 9.27. The average Bonchev–Trinajstić information content (AvgIpc) is 3.22. The summed E-state index contributed by atoms with van der Waals surface area (Å²) in [5, 5.41) is 20.9. The number of hydrogen-bond donors (Lipinski definition) is 3. The van der Waals surface area contributed by atoms with E-state index in [4.69, 9.17) is 27.8 Å². The summed E-state index contributed by atoms with van der Waals surface area (Å²) in [5.41, 5.74) is -0.380. The number of hydrogen-bond acceptors (Lipinski definition) is 12. The molecule has 3 heterocycles. The van der Waals surface area contributed by atoms with Crippen molar-refractivity contribution < 1.29 is 47.0 Å². The van der Waals surface area contributed by atoms with Crippen molar-refractivity contribution in [1.82, 2.24) is 14.5 Å². The number of nitrogens with one attached hydrogen (secondary N) is 1. The molecule has 1 aliphatic heterocycles. The van der Waals surface area contributed by atoms with Gasteiger partial charge < -0.3 is 24.4 Å². The molecule has 14 nitrogen and oxygen atoms in total. The van der Waals surface area contributed by atoms with E-state index >= 15 is 4.39 Å². The highest BCUT2D eigenvalue weighted by Crippen LogP contribution is 2.52. The van der Waals surface area contributed by atoms with Gasteiger partial charge >= 0.3 is 13.5 Å². The van der Waals surface area contributed by atoms with E-state index in [9.17, 15) is 24.4 Å². The van der Waals surface area contributed by atoms with Gasteiger partial charge in [-0.1, -0.05) is 36.4 Å². The topological polar surface area (TPSA) is 181 Å². The number of phosphoric ester groups is 1. The van der Waals surface area contributed by atoms with Gasteiger partial charge in [-0.2, -0.15) is 0 Å². The first-order chi connectivity index (χ1) is 20.1. The zero-order valence-electron chi connectivity index (χ0n) is 22.5. The summed E-state index contributed by atoms with van der Waals surface area (Å²) in [4.78, 5) is 29.5. The van der Waals surface area contributed by atoms with E-state index in [1.807, 2.05) is 4.98 Å². The highest BCUT2D eigenvalue weighted by molar-refractivity contribution is 7.48. The molecule has 1 aliphatic rings. The molecule has 1 aromatic carbocycles. The maximum Gasteiger partial charge on any atom is 0.475 e. The quantitative estimate of drug-likeness (QED) is 0.211. The predicted octanol–water partition coefficient (Wildman–Crippen LogP) is 1.44. The lowest BCUT2D eigenvalue weighted by Gasteiger charge is -2.26. The van der Waals surface area contributed by atoms with E-state index in [0.29, 0.717) is 10.1 Å². The SMILES string of the molecule is COCC(COP(=O)(OCc1ccccc1)OC[C@@]1(F)O[C@@H](n2ccc(=O)[nH]c2=O)[C@H](O)[C@@H]1O)OCc1cccnc1. The van der Waals surface area contributed by atoms with Crippen LogP contribution >= 0.6 is 7.82 Å². The Morgan fingerprint density at radius 2 is 1.83 bits per heavy atom. The molecule has 0 saturated carbocycles. The molecule has 0 amide bonds. The lowest BCUT2D eigenvalue weighted by Crippen LogP contribution is -2.43. The molecule has 0 aliphatic carbocycles. The predicted molar refractivity (Wildman–Crippen MR) is 143 cm³/mol. The highest BCUT2D eigenvalue weighted by atomic mass is 31.2. The molecule has 4 rings (SSSR count). The van der Waals surface area contributed by atoms with Crippen molar-refractivity contribution in [2.75, 3.05) is 26.9 Å². The zero-order valence-corrected chi connectivity index (χ0v) is 23.4. The smallest absolute Gasteiger partial charge is 0.385 e. The number of aliphatic hydroxyl groups is 2. The number of alkyl halides is 1. The summed E-state index contributed by atoms with van der Waals surface area (Å²) in [7, 11) is -3.15. The Morgan fingerprint density at radius 1 is 1.07 bits per heavy atom. The third kappa shape index (κ3) is 8.25. The molecule has 0 bridgehead atoms. The fraction of sp³-hybridized carbons (Fsp3) is 0.423. The number of aliphatic hydroxyl groups excluding tert-OH is 2. The number of H-pyrrole nitrogens is 1. The van der Waals surface area contributed by atoms with E-state index in [1.54, 1.807) is 54.9 Å². The summed E-state index contributed by atoms with van der Waals surface area (Å²) >= 11 is 0. The van der Waals surface area contributed by atoms with E-state index < -0.39 is 56.1 Å². The first-order valence-corrected chi connectivity index (χ1v) is 14.2. The number of phosphoric acid groups is 1. The first kappa shape index (κ1) is 31.8. The van der Waals surface area contributed by atoms with Gasteiger partial charge in [0, 0.05) is 31.8 Å². The van der Waals surface area contributed by atoms with Crippen molar-refractivity contribution in [3.05, 3.63) is 99.1 Å². The Labute approximate surface area is 239 Å². The third-order valence-corrected chi connectivity index (χ3v) is 7.49. The van der Waals surface area contributed by atoms with Gasteiger partial charge in [-0.15, -0.1) is 0 Å². The van der Waals surface area contributed by atoms with Crippen LogP contribution < -0.4 is 11.2 Å². The fourth-order valence-corrected chi connectivity index (χ4v) is 5.14. The Morgan fingerprint density at radius 3 is 2.52 bits per heavy atom. The lowest BCUT2D eigenvalue weighted by atomic mass is 10.1. The second kappa shape index (κ2) is 14.4. The summed E-state index contributed by atoms with van der Waals surface area (Å²) in [6.45, 7) is -1.66. The Hall–Kier alpha value is -3.11. The fourth-order valence-electron chi connectivity index (χ4n) is 3.93. The molecule has 228 valence electrons. The van der Waals surface area contributed by atoms with E-state index in [1.165, 1.54) is 7.11 Å². The monoisotopic (exact) mass is 611 g/mol. The number of pyridine rings is 1. The Bertz CT molecular complexity index is 1440. The van der Waals surface area contributed by atoms with Crippen molar-refractivity contribution in [1.29, 1.82) is 0 Å². The van der Waals surface area contributed by atoms with Crippen molar-refractivity contribution in [2.24, 2.45) is 0 Å². The normalized spacial score (nSPS) is 24.3. The van der Waals surface area contributed by atoms with Gasteiger partial charge in [-0.05, 0) is 17.2 Å². The van der Waals surface area contributed by atoms with Gasteiger partial charge in [0.1, 0.15) is 24.9 Å². The molecular weight excluding hydrogens is 580 g/mol. The van der Waals surface area contributed by atoms with E-state index in [2.05, 4.69) is 4.98 Å². The minimum Gasteiger partial charge on any atom is -0.385 e. The van der Waals surface area contributed by atoms with Crippen molar-refractivity contribution in [3.8, 4) is 0 Å².